The molecule has 2 aromatic rings. The zero-order valence-corrected chi connectivity index (χ0v) is 10.9. The number of hydrogen-bond acceptors (Lipinski definition) is 3. The fourth-order valence-electron chi connectivity index (χ4n) is 1.66. The number of halogens is 1. The summed E-state index contributed by atoms with van der Waals surface area (Å²) in [5, 5.41) is 4.04. The van der Waals surface area contributed by atoms with E-state index in [1.165, 1.54) is 0 Å². The smallest absolute Gasteiger partial charge is 0.143 e. The second-order valence-corrected chi connectivity index (χ2v) is 4.31. The number of nitrogens with two attached hydrogens (primary N) is 1. The van der Waals surface area contributed by atoms with Crippen molar-refractivity contribution in [2.75, 3.05) is 18.2 Å². The predicted octanol–water partition coefficient (Wildman–Crippen LogP) is 3.54. The second kappa shape index (κ2) is 5.65. The summed E-state index contributed by atoms with van der Waals surface area (Å²) in [5.74, 6) is 0.666. The number of nitrogen functional groups attached to an aromatic ring is 1. The van der Waals surface area contributed by atoms with E-state index in [-0.39, 0.29) is 0 Å². The zero-order chi connectivity index (χ0) is 13.0. The van der Waals surface area contributed by atoms with Crippen LogP contribution in [0.1, 0.15) is 5.56 Å². The van der Waals surface area contributed by atoms with E-state index in [0.29, 0.717) is 18.0 Å². The molecule has 0 saturated heterocycles. The Hall–Kier alpha value is -1.87. The lowest BCUT2D eigenvalue weighted by Gasteiger charge is -2.10. The molecule has 0 aromatic heterocycles. The van der Waals surface area contributed by atoms with Crippen molar-refractivity contribution in [1.29, 1.82) is 0 Å². The van der Waals surface area contributed by atoms with Crippen LogP contribution in [0.3, 0.4) is 0 Å². The zero-order valence-electron chi connectivity index (χ0n) is 10.1. The van der Waals surface area contributed by atoms with Gasteiger partial charge in [-0.15, -0.1) is 0 Å². The third-order valence-electron chi connectivity index (χ3n) is 2.67. The number of benzene rings is 2. The maximum atomic E-state index is 6.09. The van der Waals surface area contributed by atoms with Gasteiger partial charge in [-0.1, -0.05) is 29.8 Å². The van der Waals surface area contributed by atoms with E-state index in [4.69, 9.17) is 22.1 Å². The standard InChI is InChI=1S/C14H15ClN2O/c1-18-14-8-11(6-7-13(14)16)17-9-10-4-2-3-5-12(10)15/h2-8,17H,9,16H2,1H3. The Balaban J connectivity index is 2.09. The second-order valence-electron chi connectivity index (χ2n) is 3.90. The highest BCUT2D eigenvalue weighted by Gasteiger charge is 2.02. The molecule has 94 valence electrons. The summed E-state index contributed by atoms with van der Waals surface area (Å²) in [7, 11) is 1.60. The van der Waals surface area contributed by atoms with Crippen molar-refractivity contribution in [1.82, 2.24) is 0 Å². The number of nitrogens with one attached hydrogen (secondary N) is 1. The summed E-state index contributed by atoms with van der Waals surface area (Å²) < 4.78 is 5.17. The van der Waals surface area contributed by atoms with Crippen LogP contribution in [0.5, 0.6) is 5.75 Å². The van der Waals surface area contributed by atoms with Crippen molar-refractivity contribution in [3.05, 3.63) is 53.1 Å². The summed E-state index contributed by atoms with van der Waals surface area (Å²) in [5.41, 5.74) is 8.38. The van der Waals surface area contributed by atoms with Gasteiger partial charge >= 0.3 is 0 Å². The largest absolute Gasteiger partial charge is 0.495 e. The summed E-state index contributed by atoms with van der Waals surface area (Å²) in [4.78, 5) is 0. The first-order valence-corrected chi connectivity index (χ1v) is 5.99. The Morgan fingerprint density at radius 2 is 2.00 bits per heavy atom. The fourth-order valence-corrected chi connectivity index (χ4v) is 1.86. The molecule has 0 aliphatic rings. The number of anilines is 2. The molecule has 0 aliphatic heterocycles. The van der Waals surface area contributed by atoms with E-state index in [0.717, 1.165) is 16.3 Å². The van der Waals surface area contributed by atoms with Crippen molar-refractivity contribution in [3.63, 3.8) is 0 Å². The van der Waals surface area contributed by atoms with Gasteiger partial charge in [-0.25, -0.2) is 0 Å². The van der Waals surface area contributed by atoms with E-state index >= 15 is 0 Å². The summed E-state index contributed by atoms with van der Waals surface area (Å²) in [6, 6.07) is 13.3. The highest BCUT2D eigenvalue weighted by molar-refractivity contribution is 6.31. The number of methoxy groups -OCH3 is 1. The van der Waals surface area contributed by atoms with Crippen molar-refractivity contribution < 1.29 is 4.74 Å². The van der Waals surface area contributed by atoms with Crippen molar-refractivity contribution >= 4 is 23.0 Å². The van der Waals surface area contributed by atoms with Crippen LogP contribution >= 0.6 is 11.6 Å². The molecule has 0 unspecified atom stereocenters. The summed E-state index contributed by atoms with van der Waals surface area (Å²) in [6.45, 7) is 0.659. The molecule has 0 atom stereocenters. The van der Waals surface area contributed by atoms with E-state index in [1.54, 1.807) is 7.11 Å². The number of ether oxygens (including phenoxy) is 1. The van der Waals surface area contributed by atoms with Crippen LogP contribution in [0.2, 0.25) is 5.02 Å². The minimum atomic E-state index is 0.626. The third-order valence-corrected chi connectivity index (χ3v) is 3.04. The minimum absolute atomic E-state index is 0.626. The van der Waals surface area contributed by atoms with E-state index in [1.807, 2.05) is 42.5 Å². The van der Waals surface area contributed by atoms with Gasteiger partial charge < -0.3 is 15.8 Å². The molecular formula is C14H15ClN2O. The van der Waals surface area contributed by atoms with Crippen LogP contribution in [0.15, 0.2) is 42.5 Å². The van der Waals surface area contributed by atoms with Gasteiger partial charge in [-0.2, -0.15) is 0 Å². The van der Waals surface area contributed by atoms with Gasteiger partial charge in [-0.3, -0.25) is 0 Å². The molecular weight excluding hydrogens is 248 g/mol. The Bertz CT molecular complexity index is 543. The van der Waals surface area contributed by atoms with Crippen LogP contribution in [0, 0.1) is 0 Å². The molecule has 0 spiro atoms. The average Bonchev–Trinajstić information content (AvgIpc) is 2.39. The molecule has 2 aromatic carbocycles. The van der Waals surface area contributed by atoms with Crippen LogP contribution in [-0.2, 0) is 6.54 Å². The van der Waals surface area contributed by atoms with E-state index < -0.39 is 0 Å². The molecule has 0 heterocycles. The van der Waals surface area contributed by atoms with Crippen molar-refractivity contribution in [2.45, 2.75) is 6.54 Å². The van der Waals surface area contributed by atoms with Crippen molar-refractivity contribution in [2.24, 2.45) is 0 Å². The predicted molar refractivity (Wildman–Crippen MR) is 76.2 cm³/mol. The van der Waals surface area contributed by atoms with Crippen LogP contribution < -0.4 is 15.8 Å². The monoisotopic (exact) mass is 262 g/mol. The quantitative estimate of drug-likeness (QED) is 0.829. The fraction of sp³-hybridized carbons (Fsp3) is 0.143. The molecule has 18 heavy (non-hydrogen) atoms. The lowest BCUT2D eigenvalue weighted by molar-refractivity contribution is 0.417. The van der Waals surface area contributed by atoms with Gasteiger partial charge in [-0.05, 0) is 23.8 Å². The molecule has 0 aliphatic carbocycles. The topological polar surface area (TPSA) is 47.3 Å². The highest BCUT2D eigenvalue weighted by atomic mass is 35.5. The van der Waals surface area contributed by atoms with Gasteiger partial charge in [0.25, 0.3) is 0 Å². The normalized spacial score (nSPS) is 10.1. The highest BCUT2D eigenvalue weighted by Crippen LogP contribution is 2.25. The molecule has 0 bridgehead atoms. The molecule has 0 fully saturated rings. The third kappa shape index (κ3) is 2.87. The Morgan fingerprint density at radius 1 is 1.22 bits per heavy atom. The van der Waals surface area contributed by atoms with Crippen LogP contribution in [0.25, 0.3) is 0 Å². The van der Waals surface area contributed by atoms with Gasteiger partial charge in [0, 0.05) is 23.3 Å². The first-order valence-electron chi connectivity index (χ1n) is 5.61. The lowest BCUT2D eigenvalue weighted by atomic mass is 10.2. The SMILES string of the molecule is COc1cc(NCc2ccccc2Cl)ccc1N. The Kier molecular flexibility index (Phi) is 3.95. The molecule has 3 N–H and O–H groups in total. The molecule has 0 saturated carbocycles. The molecule has 2 rings (SSSR count). The maximum Gasteiger partial charge on any atom is 0.143 e. The Labute approximate surface area is 112 Å². The minimum Gasteiger partial charge on any atom is -0.495 e. The number of rotatable bonds is 4. The van der Waals surface area contributed by atoms with Gasteiger partial charge in [0.15, 0.2) is 0 Å². The molecule has 0 amide bonds. The van der Waals surface area contributed by atoms with Gasteiger partial charge in [0.2, 0.25) is 0 Å². The molecule has 3 nitrogen and oxygen atoms in total. The van der Waals surface area contributed by atoms with Gasteiger partial charge in [0.1, 0.15) is 5.75 Å². The van der Waals surface area contributed by atoms with Crippen LogP contribution in [-0.4, -0.2) is 7.11 Å². The lowest BCUT2D eigenvalue weighted by Crippen LogP contribution is -2.01. The maximum absolute atomic E-state index is 6.09. The Morgan fingerprint density at radius 3 is 2.72 bits per heavy atom. The first-order chi connectivity index (χ1) is 8.70. The number of hydrogen-bond donors (Lipinski definition) is 2. The average molecular weight is 263 g/mol. The molecule has 0 radical (unpaired) electrons. The van der Waals surface area contributed by atoms with E-state index in [9.17, 15) is 0 Å². The van der Waals surface area contributed by atoms with Crippen molar-refractivity contribution in [3.8, 4) is 5.75 Å². The van der Waals surface area contributed by atoms with E-state index in [2.05, 4.69) is 5.32 Å². The summed E-state index contributed by atoms with van der Waals surface area (Å²) >= 11 is 6.09. The molecule has 4 heteroatoms. The van der Waals surface area contributed by atoms with Gasteiger partial charge in [0.05, 0.1) is 12.8 Å². The first kappa shape index (κ1) is 12.6. The van der Waals surface area contributed by atoms with Crippen LogP contribution in [0.4, 0.5) is 11.4 Å². The summed E-state index contributed by atoms with van der Waals surface area (Å²) in [6.07, 6.45) is 0.